The van der Waals surface area contributed by atoms with Crippen LogP contribution >= 0.6 is 11.3 Å². The van der Waals surface area contributed by atoms with E-state index in [0.29, 0.717) is 11.4 Å². The summed E-state index contributed by atoms with van der Waals surface area (Å²) in [7, 11) is 0. The fourth-order valence-corrected chi connectivity index (χ4v) is 2.74. The fourth-order valence-electron chi connectivity index (χ4n) is 2.01. The van der Waals surface area contributed by atoms with Crippen LogP contribution in [0.5, 0.6) is 5.88 Å². The highest BCUT2D eigenvalue weighted by molar-refractivity contribution is 7.16. The Morgan fingerprint density at radius 3 is 2.86 bits per heavy atom. The lowest BCUT2D eigenvalue weighted by Crippen LogP contribution is -2.12. The number of thiophene rings is 1. The molecule has 0 radical (unpaired) electrons. The van der Waals surface area contributed by atoms with Crippen molar-refractivity contribution >= 4 is 27.3 Å². The van der Waals surface area contributed by atoms with E-state index in [0.717, 1.165) is 15.8 Å². The molecule has 2 heterocycles. The molecule has 3 rings (SSSR count). The van der Waals surface area contributed by atoms with Gasteiger partial charge in [0.15, 0.2) is 12.4 Å². The molecule has 5 heteroatoms. The van der Waals surface area contributed by atoms with Crippen molar-refractivity contribution in [2.45, 2.75) is 13.8 Å². The predicted octanol–water partition coefficient (Wildman–Crippen LogP) is 3.57. The summed E-state index contributed by atoms with van der Waals surface area (Å²) in [5, 5.41) is 2.77. The van der Waals surface area contributed by atoms with Crippen molar-refractivity contribution in [2.75, 3.05) is 6.61 Å². The molecular formula is C16H14N2O2S. The topological polar surface area (TPSA) is 52.1 Å². The summed E-state index contributed by atoms with van der Waals surface area (Å²) in [6.07, 6.45) is 1.45. The van der Waals surface area contributed by atoms with Gasteiger partial charge in [-0.25, -0.2) is 9.97 Å². The monoisotopic (exact) mass is 298 g/mol. The van der Waals surface area contributed by atoms with Crippen LogP contribution in [0.25, 0.3) is 10.2 Å². The van der Waals surface area contributed by atoms with Crippen LogP contribution in [0.1, 0.15) is 21.5 Å². The highest BCUT2D eigenvalue weighted by Crippen LogP contribution is 2.25. The smallest absolute Gasteiger partial charge is 0.225 e. The first kappa shape index (κ1) is 13.7. The van der Waals surface area contributed by atoms with Crippen molar-refractivity contribution in [1.29, 1.82) is 0 Å². The first-order chi connectivity index (χ1) is 10.1. The summed E-state index contributed by atoms with van der Waals surface area (Å²) in [5.74, 6) is 0.401. The number of hydrogen-bond donors (Lipinski definition) is 0. The molecule has 0 fully saturated rings. The third-order valence-electron chi connectivity index (χ3n) is 3.39. The molecule has 0 saturated heterocycles. The number of benzene rings is 1. The van der Waals surface area contributed by atoms with Gasteiger partial charge in [0.25, 0.3) is 0 Å². The Balaban J connectivity index is 1.76. The number of ether oxygens (including phenoxy) is 1. The van der Waals surface area contributed by atoms with E-state index >= 15 is 0 Å². The van der Waals surface area contributed by atoms with Gasteiger partial charge in [-0.1, -0.05) is 12.1 Å². The molecule has 21 heavy (non-hydrogen) atoms. The van der Waals surface area contributed by atoms with Crippen LogP contribution in [0.15, 0.2) is 36.0 Å². The third kappa shape index (κ3) is 2.78. The van der Waals surface area contributed by atoms with Crippen molar-refractivity contribution in [3.05, 3.63) is 52.7 Å². The molecular weight excluding hydrogens is 284 g/mol. The van der Waals surface area contributed by atoms with Gasteiger partial charge < -0.3 is 4.74 Å². The number of nitrogens with zero attached hydrogens (tertiary/aromatic N) is 2. The van der Waals surface area contributed by atoms with Crippen LogP contribution in [0, 0.1) is 13.8 Å². The van der Waals surface area contributed by atoms with E-state index < -0.39 is 0 Å². The van der Waals surface area contributed by atoms with E-state index in [9.17, 15) is 4.79 Å². The van der Waals surface area contributed by atoms with Gasteiger partial charge in [0.05, 0.1) is 5.39 Å². The van der Waals surface area contributed by atoms with Crippen LogP contribution in [-0.2, 0) is 0 Å². The minimum atomic E-state index is -0.0555. The number of carbonyl (C=O) groups excluding carboxylic acids is 1. The molecule has 3 aromatic rings. The highest BCUT2D eigenvalue weighted by atomic mass is 32.1. The number of fused-ring (bicyclic) bond motifs is 1. The van der Waals surface area contributed by atoms with Crippen molar-refractivity contribution in [3.8, 4) is 5.88 Å². The Hall–Kier alpha value is -2.27. The molecule has 0 aliphatic heterocycles. The van der Waals surface area contributed by atoms with Gasteiger partial charge in [-0.05, 0) is 42.5 Å². The third-order valence-corrected chi connectivity index (χ3v) is 4.21. The molecule has 106 valence electrons. The maximum Gasteiger partial charge on any atom is 0.225 e. The van der Waals surface area contributed by atoms with Gasteiger partial charge in [-0.3, -0.25) is 4.79 Å². The molecule has 0 saturated carbocycles. The fraction of sp³-hybridized carbons (Fsp3) is 0.188. The normalized spacial score (nSPS) is 10.8. The van der Waals surface area contributed by atoms with Crippen LogP contribution in [-0.4, -0.2) is 22.4 Å². The number of ketones is 1. The van der Waals surface area contributed by atoms with Crippen molar-refractivity contribution in [2.24, 2.45) is 0 Å². The van der Waals surface area contributed by atoms with Crippen LogP contribution < -0.4 is 4.74 Å². The molecule has 4 nitrogen and oxygen atoms in total. The first-order valence-electron chi connectivity index (χ1n) is 6.56. The maximum atomic E-state index is 12.2. The van der Waals surface area contributed by atoms with Crippen molar-refractivity contribution in [1.82, 2.24) is 9.97 Å². The van der Waals surface area contributed by atoms with E-state index in [4.69, 9.17) is 4.74 Å². The zero-order valence-electron chi connectivity index (χ0n) is 11.8. The standard InChI is InChI=1S/C16H14N2O2S/c1-10-3-4-12(7-11(10)2)14(19)8-20-15-13-5-6-21-16(13)18-9-17-15/h3-7,9H,8H2,1-2H3. The average molecular weight is 298 g/mol. The molecule has 0 spiro atoms. The number of Topliss-reactive ketones (excluding diaryl/α,β-unsaturated/α-hetero) is 1. The zero-order valence-corrected chi connectivity index (χ0v) is 12.6. The second kappa shape index (κ2) is 5.61. The van der Waals surface area contributed by atoms with Gasteiger partial charge in [0, 0.05) is 5.56 Å². The number of aryl methyl sites for hydroxylation is 2. The summed E-state index contributed by atoms with van der Waals surface area (Å²) < 4.78 is 5.57. The van der Waals surface area contributed by atoms with E-state index in [2.05, 4.69) is 9.97 Å². The summed E-state index contributed by atoms with van der Waals surface area (Å²) in [6.45, 7) is 3.99. The Bertz CT molecular complexity index is 811. The van der Waals surface area contributed by atoms with Gasteiger partial charge >= 0.3 is 0 Å². The summed E-state index contributed by atoms with van der Waals surface area (Å²) in [6, 6.07) is 7.57. The predicted molar refractivity (Wildman–Crippen MR) is 83.2 cm³/mol. The van der Waals surface area contributed by atoms with Crippen LogP contribution in [0.3, 0.4) is 0 Å². The van der Waals surface area contributed by atoms with E-state index in [-0.39, 0.29) is 12.4 Å². The highest BCUT2D eigenvalue weighted by Gasteiger charge is 2.11. The molecule has 1 aromatic carbocycles. The zero-order chi connectivity index (χ0) is 14.8. The molecule has 0 unspecified atom stereocenters. The Morgan fingerprint density at radius 1 is 1.19 bits per heavy atom. The lowest BCUT2D eigenvalue weighted by molar-refractivity contribution is 0.0919. The number of carbonyl (C=O) groups is 1. The summed E-state index contributed by atoms with van der Waals surface area (Å²) >= 11 is 1.52. The maximum absolute atomic E-state index is 12.2. The lowest BCUT2D eigenvalue weighted by Gasteiger charge is -2.07. The minimum Gasteiger partial charge on any atom is -0.469 e. The quantitative estimate of drug-likeness (QED) is 0.691. The second-order valence-electron chi connectivity index (χ2n) is 4.83. The van der Waals surface area contributed by atoms with Crippen LogP contribution in [0.4, 0.5) is 0 Å². The second-order valence-corrected chi connectivity index (χ2v) is 5.72. The molecule has 0 aliphatic carbocycles. The van der Waals surface area contributed by atoms with E-state index in [1.54, 1.807) is 0 Å². The van der Waals surface area contributed by atoms with Crippen LogP contribution in [0.2, 0.25) is 0 Å². The Kier molecular flexibility index (Phi) is 3.66. The van der Waals surface area contributed by atoms with E-state index in [1.165, 1.54) is 23.2 Å². The number of hydrogen-bond acceptors (Lipinski definition) is 5. The summed E-state index contributed by atoms with van der Waals surface area (Å²) in [5.41, 5.74) is 2.93. The van der Waals surface area contributed by atoms with Gasteiger partial charge in [0.1, 0.15) is 11.2 Å². The number of aromatic nitrogens is 2. The summed E-state index contributed by atoms with van der Waals surface area (Å²) in [4.78, 5) is 21.3. The molecule has 0 N–H and O–H groups in total. The minimum absolute atomic E-state index is 0.0234. The van der Waals surface area contributed by atoms with E-state index in [1.807, 2.05) is 43.5 Å². The number of rotatable bonds is 4. The molecule has 0 bridgehead atoms. The van der Waals surface area contributed by atoms with Crippen molar-refractivity contribution in [3.63, 3.8) is 0 Å². The van der Waals surface area contributed by atoms with Crippen molar-refractivity contribution < 1.29 is 9.53 Å². The Labute approximate surface area is 126 Å². The van der Waals surface area contributed by atoms with Gasteiger partial charge in [-0.15, -0.1) is 11.3 Å². The van der Waals surface area contributed by atoms with Gasteiger partial charge in [-0.2, -0.15) is 0 Å². The largest absolute Gasteiger partial charge is 0.469 e. The Morgan fingerprint density at radius 2 is 2.05 bits per heavy atom. The molecule has 0 atom stereocenters. The molecule has 0 amide bonds. The average Bonchev–Trinajstić information content (AvgIpc) is 2.96. The first-order valence-corrected chi connectivity index (χ1v) is 7.44. The SMILES string of the molecule is Cc1ccc(C(=O)COc2ncnc3sccc23)cc1C. The lowest BCUT2D eigenvalue weighted by atomic mass is 10.0. The van der Waals surface area contributed by atoms with Gasteiger partial charge in [0.2, 0.25) is 5.88 Å². The molecule has 0 aliphatic rings. The molecule has 2 aromatic heterocycles.